The number of ether oxygens (including phenoxy) is 5. The van der Waals surface area contributed by atoms with Gasteiger partial charge in [-0.05, 0) is 223 Å². The van der Waals surface area contributed by atoms with Crippen LogP contribution in [-0.2, 0) is 97.5 Å². The molecule has 43 heteroatoms. The zero-order valence-corrected chi connectivity index (χ0v) is 93.2. The molecule has 8 N–H and O–H groups in total. The normalized spacial score (nSPS) is 15.4. The minimum atomic E-state index is -2.16. The fourth-order valence-electron chi connectivity index (χ4n) is 14.2. The van der Waals surface area contributed by atoms with Crippen LogP contribution in [0.4, 0.5) is 44.9 Å². The van der Waals surface area contributed by atoms with Crippen molar-refractivity contribution >= 4 is 103 Å². The molecule has 3 aliphatic heterocycles. The summed E-state index contributed by atoms with van der Waals surface area (Å²) in [6, 6.07) is 9.64. The molecule has 0 unspecified atom stereocenters. The van der Waals surface area contributed by atoms with Crippen molar-refractivity contribution in [3.05, 3.63) is 76.6 Å². The number of hydrogen-bond acceptors (Lipinski definition) is 30. The van der Waals surface area contributed by atoms with E-state index in [1.165, 1.54) is 11.6 Å². The molecule has 10 rings (SSSR count). The maximum Gasteiger partial charge on any atom is 1.00 e. The summed E-state index contributed by atoms with van der Waals surface area (Å²) in [5.41, 5.74) is 25.4. The first-order valence-electron chi connectivity index (χ1n) is 48.4. The average molecular weight is 1970 g/mol. The number of aromatic nitrogens is 14. The van der Waals surface area contributed by atoms with Gasteiger partial charge in [-0.1, -0.05) is 98.2 Å². The van der Waals surface area contributed by atoms with Crippen LogP contribution in [0.5, 0.6) is 0 Å². The summed E-state index contributed by atoms with van der Waals surface area (Å²) < 4.78 is 69.4. The second-order valence-corrected chi connectivity index (χ2v) is 59.0. The van der Waals surface area contributed by atoms with Crippen molar-refractivity contribution < 1.29 is 80.1 Å². The maximum atomic E-state index is 12.5. The van der Waals surface area contributed by atoms with Crippen molar-refractivity contribution in [1.29, 1.82) is 0 Å². The number of anilines is 6. The zero-order valence-electron chi connectivity index (χ0n) is 89.5. The van der Waals surface area contributed by atoms with Gasteiger partial charge in [-0.25, -0.2) is 33.9 Å². The number of aryl methyl sites for hydroxylation is 4. The molecule has 3 atom stereocenters. The molecule has 0 aromatic carbocycles. The number of nitrogens with zero attached hydrogens (tertiary/aromatic N) is 18. The molecule has 7 aromatic heterocycles. The summed E-state index contributed by atoms with van der Waals surface area (Å²) in [7, 11) is 1.74. The Morgan fingerprint density at radius 2 is 0.926 bits per heavy atom. The molecule has 2 amide bonds. The van der Waals surface area contributed by atoms with Crippen LogP contribution in [-0.4, -0.2) is 276 Å². The van der Waals surface area contributed by atoms with Gasteiger partial charge in [-0.2, -0.15) is 35.3 Å². The first kappa shape index (κ1) is 121. The topological polar surface area (TPSA) is 401 Å². The van der Waals surface area contributed by atoms with Crippen LogP contribution < -0.4 is 61.7 Å². The van der Waals surface area contributed by atoms with Crippen molar-refractivity contribution in [2.24, 2.45) is 0 Å². The van der Waals surface area contributed by atoms with Gasteiger partial charge in [0.2, 0.25) is 17.8 Å². The van der Waals surface area contributed by atoms with E-state index >= 15 is 0 Å². The summed E-state index contributed by atoms with van der Waals surface area (Å²) in [5.74, 6) is 2.95. The van der Waals surface area contributed by atoms with Gasteiger partial charge in [0.05, 0.1) is 53.4 Å². The van der Waals surface area contributed by atoms with Crippen LogP contribution in [0.25, 0.3) is 22.8 Å². The smallest absolute Gasteiger partial charge is 0.538 e. The molecule has 0 radical (unpaired) electrons. The summed E-state index contributed by atoms with van der Waals surface area (Å²) >= 11 is 5.91. The molecule has 3 fully saturated rings. The first-order chi connectivity index (χ1) is 63.0. The Morgan fingerprint density at radius 1 is 0.522 bits per heavy atom. The number of halogens is 1. The third-order valence-electron chi connectivity index (χ3n) is 21.3. The number of amides is 2. The van der Waals surface area contributed by atoms with E-state index in [1.54, 1.807) is 30.0 Å². The molecule has 0 aliphatic carbocycles. The summed E-state index contributed by atoms with van der Waals surface area (Å²) in [5, 5.41) is 24.1. The van der Waals surface area contributed by atoms with Crippen molar-refractivity contribution in [1.82, 2.24) is 84.6 Å². The van der Waals surface area contributed by atoms with E-state index in [1.807, 2.05) is 188 Å². The number of H-pyrrole nitrogens is 1. The van der Waals surface area contributed by atoms with Crippen molar-refractivity contribution in [3.8, 4) is 22.8 Å². The SMILES string of the molecule is CC(C)OB(OC(C)C)OC(C)C.CCc1cn[nH]c1-c1cc(N2CC[C@@H](NC)C2)nc(N)n1.CCc1cnn(COCC[Si](C)(C)C)c1.CCc1cnn(COCC[Si](C)(C)C)c1-c1cc(N2CC[C@@H](N(C)C(=O)OC(C)(C)C)C2)nc(N)n1.CCc1cnn(COCC[Si](C)(C)C)c1[B-](OC(C)C)(OC(C)C)OC(C)C.CN(C(=O)OC(C)(C)C)[C@@H]1CCN(c2cc(Cl)nc(N)n2)C1.[Li+]. The van der Waals surface area contributed by atoms with E-state index in [9.17, 15) is 9.59 Å². The molecular weight excluding hydrogens is 1800 g/mol. The van der Waals surface area contributed by atoms with Gasteiger partial charge >= 0.3 is 45.1 Å². The van der Waals surface area contributed by atoms with Gasteiger partial charge in [-0.3, -0.25) is 9.78 Å². The third kappa shape index (κ3) is 43.8. The number of nitrogens with two attached hydrogens (primary N) is 3. The fraction of sp³-hybridized carbons (Fsp3) is 0.720. The number of nitrogens with one attached hydrogen (secondary N) is 2. The Kier molecular flexibility index (Phi) is 50.7. The fourth-order valence-corrected chi connectivity index (χ4v) is 16.7. The number of rotatable bonds is 40. The second kappa shape index (κ2) is 57.0. The molecule has 136 heavy (non-hydrogen) atoms. The molecule has 7 aromatic rings. The molecule has 0 saturated carbocycles. The van der Waals surface area contributed by atoms with Crippen LogP contribution in [0.15, 0.2) is 49.2 Å². The van der Waals surface area contributed by atoms with Gasteiger partial charge in [0.15, 0.2) is 0 Å². The van der Waals surface area contributed by atoms with E-state index in [2.05, 4.69) is 163 Å². The molecule has 0 bridgehead atoms. The van der Waals surface area contributed by atoms with E-state index in [0.717, 1.165) is 153 Å². The number of nitrogen functional groups attached to an aromatic ring is 3. The minimum absolute atomic E-state index is 0. The number of carbonyl (C=O) groups is 2. The van der Waals surface area contributed by atoms with Gasteiger partial charge in [0.1, 0.15) is 54.0 Å². The van der Waals surface area contributed by atoms with Gasteiger partial charge in [0.25, 0.3) is 0 Å². The Hall–Kier alpha value is -7.31. The van der Waals surface area contributed by atoms with Crippen LogP contribution in [0, 0.1) is 0 Å². The van der Waals surface area contributed by atoms with Gasteiger partial charge in [-0.15, -0.1) is 0 Å². The number of hydrogen-bond donors (Lipinski definition) is 5. The Morgan fingerprint density at radius 3 is 1.33 bits per heavy atom. The monoisotopic (exact) mass is 1970 g/mol. The summed E-state index contributed by atoms with van der Waals surface area (Å²) in [6.07, 6.45) is 15.4. The predicted molar refractivity (Wildman–Crippen MR) is 555 cm³/mol. The standard InChI is InChI=1S/C25H43N7O3Si.C20H42BN2O4Si.C14H22ClN5O2.C14H21N7.C11H22N2OSi.C9H21BO3.Li/c1-9-18-15-27-32(17-34-12-13-36(6,7)8)22(18)20-14-21(29-23(26)28-20)31-11-10-19(16-31)30(5)24(33)35-25(2,3)4;1-11-19-14-22-23(15-24-12-13-28(8,9)10)20(19)21(25-16(2)3,26-17(4)5)27-18(6)7;1-14(2,3)22-13(21)19(4)9-5-6-20(8-9)11-7-10(15)17-12(16)18-11;1-3-9-7-17-20-13(9)11-6-12(19-14(15)18-11)21-5-4-10(8-21)16-2;1-5-11-8-12-13(9-11)10-14-6-7-15(2,3)4;1-7(2)11-10(12-8(3)4)13-9(5)6;/h14-15,19H,9-13,16-17H2,1-8H3,(H2,26,28,29);14,16-18H,11-13,15H2,1-10H3;7,9H,5-6,8H2,1-4H3,(H2,16,17,18);6-7,10,16H,3-5,8H2,1-2H3,(H,17,20)(H2,15,18,19);8-9H,5-7,10H2,1-4H3;7-9H,1-6H3;/q;-1;;;;;+1/t19-;;9-;10-;;;/m1.11.../s1. The van der Waals surface area contributed by atoms with E-state index in [-0.39, 0.29) is 91.7 Å². The van der Waals surface area contributed by atoms with Crippen molar-refractivity contribution in [2.75, 3.05) is 112 Å². The third-order valence-corrected chi connectivity index (χ3v) is 26.6. The first-order valence-corrected chi connectivity index (χ1v) is 59.9. The van der Waals surface area contributed by atoms with Crippen molar-refractivity contribution in [2.45, 2.75) is 360 Å². The molecule has 762 valence electrons. The molecule has 3 aliphatic rings. The largest absolute Gasteiger partial charge is 1.00 e. The van der Waals surface area contributed by atoms with Gasteiger partial charge in [0, 0.05) is 171 Å². The van der Waals surface area contributed by atoms with Crippen LogP contribution in [0.3, 0.4) is 0 Å². The summed E-state index contributed by atoms with van der Waals surface area (Å²) in [6.45, 7) is 70.7. The number of likely N-dealkylation sites (N-methyl/N-ethyl adjacent to an activating group) is 3. The number of carbonyl (C=O) groups excluding carboxylic acids is 2. The second-order valence-electron chi connectivity index (χ2n) is 41.8. The van der Waals surface area contributed by atoms with E-state index in [4.69, 9.17) is 80.4 Å². The Balaban J connectivity index is 0.000000351. The zero-order chi connectivity index (χ0) is 101. The van der Waals surface area contributed by atoms with E-state index < -0.39 is 49.5 Å². The molecule has 36 nitrogen and oxygen atoms in total. The van der Waals surface area contributed by atoms with Crippen LogP contribution in [0.1, 0.15) is 194 Å². The molecular formula is C93H171B2ClLiN23O13Si3. The quantitative estimate of drug-likeness (QED) is 0.0135. The van der Waals surface area contributed by atoms with Crippen LogP contribution in [0.2, 0.25) is 82.2 Å². The minimum Gasteiger partial charge on any atom is -0.538 e. The Labute approximate surface area is 834 Å². The molecule has 0 spiro atoms. The molecule has 10 heterocycles. The predicted octanol–water partition coefficient (Wildman–Crippen LogP) is 13.4. The summed E-state index contributed by atoms with van der Waals surface area (Å²) in [4.78, 5) is 60.2. The number of aromatic amines is 1. The Bertz CT molecular complexity index is 4570. The van der Waals surface area contributed by atoms with E-state index in [0.29, 0.717) is 62.8 Å². The average Bonchev–Trinajstić information content (AvgIpc) is 1.66. The maximum absolute atomic E-state index is 12.5. The van der Waals surface area contributed by atoms with Crippen molar-refractivity contribution in [3.63, 3.8) is 0 Å². The molecule has 3 saturated heterocycles. The van der Waals surface area contributed by atoms with Gasteiger partial charge < -0.3 is 98.6 Å². The van der Waals surface area contributed by atoms with Crippen LogP contribution >= 0.6 is 11.6 Å².